The molecule has 2 aromatic rings. The summed E-state index contributed by atoms with van der Waals surface area (Å²) in [4.78, 5) is 14.5. The van der Waals surface area contributed by atoms with Crippen molar-refractivity contribution in [2.45, 2.75) is 13.0 Å². The Morgan fingerprint density at radius 1 is 1.20 bits per heavy atom. The Kier molecular flexibility index (Phi) is 3.83. The molecule has 0 N–H and O–H groups in total. The number of furan rings is 1. The lowest BCUT2D eigenvalue weighted by Crippen LogP contribution is -2.36. The number of hydrogen-bond acceptors (Lipinski definition) is 3. The molecule has 1 aromatic carbocycles. The minimum atomic E-state index is -0.0508. The molecule has 1 aliphatic rings. The van der Waals surface area contributed by atoms with Crippen molar-refractivity contribution in [1.82, 2.24) is 0 Å². The van der Waals surface area contributed by atoms with Gasteiger partial charge < -0.3 is 14.1 Å². The number of carbonyl (C=O) groups excluding carboxylic acids is 1. The maximum absolute atomic E-state index is 12.7. The van der Waals surface area contributed by atoms with E-state index in [2.05, 4.69) is 0 Å². The molecule has 0 radical (unpaired) electrons. The van der Waals surface area contributed by atoms with Crippen molar-refractivity contribution in [2.24, 2.45) is 5.92 Å². The highest BCUT2D eigenvalue weighted by Gasteiger charge is 2.29. The topological polar surface area (TPSA) is 42.7 Å². The fraction of sp³-hybridized carbons (Fsp3) is 0.312. The fourth-order valence-corrected chi connectivity index (χ4v) is 2.41. The maximum atomic E-state index is 12.7. The van der Waals surface area contributed by atoms with Gasteiger partial charge in [0.05, 0.1) is 25.3 Å². The first-order valence-corrected chi connectivity index (χ1v) is 6.81. The molecule has 1 amide bonds. The average Bonchev–Trinajstić information content (AvgIpc) is 3.18. The van der Waals surface area contributed by atoms with Crippen LogP contribution in [0.3, 0.4) is 0 Å². The summed E-state index contributed by atoms with van der Waals surface area (Å²) in [5, 5.41) is 0. The Bertz CT molecular complexity index is 544. The highest BCUT2D eigenvalue weighted by Crippen LogP contribution is 2.23. The molecule has 1 atom stereocenters. The second-order valence-corrected chi connectivity index (χ2v) is 4.90. The molecular formula is C16H17NO3. The van der Waals surface area contributed by atoms with Crippen LogP contribution in [0, 0.1) is 5.92 Å². The number of carbonyl (C=O) groups is 1. The van der Waals surface area contributed by atoms with Crippen molar-refractivity contribution in [2.75, 3.05) is 18.1 Å². The van der Waals surface area contributed by atoms with Gasteiger partial charge in [0, 0.05) is 12.3 Å². The second-order valence-electron chi connectivity index (χ2n) is 4.90. The van der Waals surface area contributed by atoms with E-state index in [1.165, 1.54) is 0 Å². The zero-order valence-electron chi connectivity index (χ0n) is 11.2. The third-order valence-corrected chi connectivity index (χ3v) is 3.51. The van der Waals surface area contributed by atoms with Crippen molar-refractivity contribution in [3.8, 4) is 0 Å². The number of para-hydroxylation sites is 1. The van der Waals surface area contributed by atoms with Gasteiger partial charge >= 0.3 is 0 Å². The van der Waals surface area contributed by atoms with E-state index in [0.717, 1.165) is 17.9 Å². The first kappa shape index (κ1) is 12.9. The first-order chi connectivity index (χ1) is 9.84. The Balaban J connectivity index is 1.84. The number of rotatable bonds is 4. The first-order valence-electron chi connectivity index (χ1n) is 6.81. The van der Waals surface area contributed by atoms with Gasteiger partial charge in [-0.2, -0.15) is 0 Å². The highest BCUT2D eigenvalue weighted by atomic mass is 16.5. The van der Waals surface area contributed by atoms with Gasteiger partial charge in [0.15, 0.2) is 0 Å². The predicted molar refractivity (Wildman–Crippen MR) is 75.3 cm³/mol. The zero-order chi connectivity index (χ0) is 13.8. The van der Waals surface area contributed by atoms with Crippen molar-refractivity contribution in [1.29, 1.82) is 0 Å². The van der Waals surface area contributed by atoms with Crippen LogP contribution in [-0.2, 0) is 16.1 Å². The van der Waals surface area contributed by atoms with E-state index in [9.17, 15) is 4.79 Å². The summed E-state index contributed by atoms with van der Waals surface area (Å²) in [5.41, 5.74) is 0.890. The van der Waals surface area contributed by atoms with Crippen molar-refractivity contribution >= 4 is 11.6 Å². The minimum absolute atomic E-state index is 0.0508. The summed E-state index contributed by atoms with van der Waals surface area (Å²) in [5.74, 6) is 0.830. The van der Waals surface area contributed by atoms with Crippen molar-refractivity contribution in [3.63, 3.8) is 0 Å². The summed E-state index contributed by atoms with van der Waals surface area (Å²) in [6.07, 6.45) is 2.42. The molecule has 1 aliphatic heterocycles. The Labute approximate surface area is 118 Å². The quantitative estimate of drug-likeness (QED) is 0.858. The standard InChI is InChI=1S/C16H17NO3/c18-16(13-8-10-19-12-13)17(11-15-7-4-9-20-15)14-5-2-1-3-6-14/h1-7,9,13H,8,10-12H2. The Hall–Kier alpha value is -2.07. The number of anilines is 1. The van der Waals surface area contributed by atoms with Gasteiger partial charge in [-0.05, 0) is 30.7 Å². The summed E-state index contributed by atoms with van der Waals surface area (Å²) < 4.78 is 10.7. The molecule has 1 fully saturated rings. The number of hydrogen-bond donors (Lipinski definition) is 0. The molecule has 4 nitrogen and oxygen atoms in total. The van der Waals surface area contributed by atoms with Crippen LogP contribution in [0.5, 0.6) is 0 Å². The molecular weight excluding hydrogens is 254 g/mol. The molecule has 0 bridgehead atoms. The van der Waals surface area contributed by atoms with Crippen LogP contribution in [0.15, 0.2) is 53.1 Å². The van der Waals surface area contributed by atoms with Gasteiger partial charge in [0.25, 0.3) is 0 Å². The minimum Gasteiger partial charge on any atom is -0.467 e. The van der Waals surface area contributed by atoms with E-state index < -0.39 is 0 Å². The van der Waals surface area contributed by atoms with Crippen LogP contribution in [0.4, 0.5) is 5.69 Å². The highest BCUT2D eigenvalue weighted by molar-refractivity contribution is 5.95. The number of nitrogens with zero attached hydrogens (tertiary/aromatic N) is 1. The van der Waals surface area contributed by atoms with E-state index >= 15 is 0 Å². The van der Waals surface area contributed by atoms with Gasteiger partial charge in [-0.25, -0.2) is 0 Å². The summed E-state index contributed by atoms with van der Waals surface area (Å²) in [6, 6.07) is 13.4. The molecule has 0 spiro atoms. The van der Waals surface area contributed by atoms with Crippen molar-refractivity contribution < 1.29 is 13.9 Å². The zero-order valence-corrected chi connectivity index (χ0v) is 11.2. The summed E-state index contributed by atoms with van der Waals surface area (Å²) in [6.45, 7) is 1.63. The fourth-order valence-electron chi connectivity index (χ4n) is 2.41. The monoisotopic (exact) mass is 271 g/mol. The van der Waals surface area contributed by atoms with Crippen LogP contribution < -0.4 is 4.90 Å². The third kappa shape index (κ3) is 2.75. The summed E-state index contributed by atoms with van der Waals surface area (Å²) >= 11 is 0. The lowest BCUT2D eigenvalue weighted by molar-refractivity contribution is -0.122. The molecule has 0 saturated carbocycles. The normalized spacial score (nSPS) is 18.1. The van der Waals surface area contributed by atoms with Crippen molar-refractivity contribution in [3.05, 3.63) is 54.5 Å². The van der Waals surface area contributed by atoms with Gasteiger partial charge in [-0.3, -0.25) is 4.79 Å². The molecule has 1 unspecified atom stereocenters. The van der Waals surface area contributed by atoms with E-state index in [-0.39, 0.29) is 11.8 Å². The molecule has 3 rings (SSSR count). The van der Waals surface area contributed by atoms with E-state index in [1.807, 2.05) is 42.5 Å². The van der Waals surface area contributed by atoms with Crippen LogP contribution in [0.2, 0.25) is 0 Å². The molecule has 1 aromatic heterocycles. The number of benzene rings is 1. The summed E-state index contributed by atoms with van der Waals surface area (Å²) in [7, 11) is 0. The Morgan fingerprint density at radius 2 is 2.05 bits per heavy atom. The van der Waals surface area contributed by atoms with Gasteiger partial charge in [0.2, 0.25) is 5.91 Å². The Morgan fingerprint density at radius 3 is 2.70 bits per heavy atom. The van der Waals surface area contributed by atoms with E-state index in [4.69, 9.17) is 9.15 Å². The maximum Gasteiger partial charge on any atom is 0.232 e. The molecule has 104 valence electrons. The lowest BCUT2D eigenvalue weighted by Gasteiger charge is -2.24. The predicted octanol–water partition coefficient (Wildman–Crippen LogP) is 2.85. The molecule has 20 heavy (non-hydrogen) atoms. The smallest absolute Gasteiger partial charge is 0.232 e. The van der Waals surface area contributed by atoms with Crippen LogP contribution in [-0.4, -0.2) is 19.1 Å². The van der Waals surface area contributed by atoms with Crippen LogP contribution in [0.25, 0.3) is 0 Å². The molecule has 2 heterocycles. The number of ether oxygens (including phenoxy) is 1. The van der Waals surface area contributed by atoms with E-state index in [0.29, 0.717) is 19.8 Å². The largest absolute Gasteiger partial charge is 0.467 e. The SMILES string of the molecule is O=C(C1CCOC1)N(Cc1ccco1)c1ccccc1. The van der Waals surface area contributed by atoms with Gasteiger partial charge in [0.1, 0.15) is 5.76 Å². The number of amides is 1. The van der Waals surface area contributed by atoms with Gasteiger partial charge in [-0.15, -0.1) is 0 Å². The van der Waals surface area contributed by atoms with Gasteiger partial charge in [-0.1, -0.05) is 18.2 Å². The molecule has 0 aliphatic carbocycles. The lowest BCUT2D eigenvalue weighted by atomic mass is 10.1. The second kappa shape index (κ2) is 5.92. The molecule has 4 heteroatoms. The third-order valence-electron chi connectivity index (χ3n) is 3.51. The van der Waals surface area contributed by atoms with Crippen LogP contribution >= 0.6 is 0 Å². The van der Waals surface area contributed by atoms with E-state index in [1.54, 1.807) is 11.2 Å². The molecule has 1 saturated heterocycles. The van der Waals surface area contributed by atoms with Crippen LogP contribution in [0.1, 0.15) is 12.2 Å². The average molecular weight is 271 g/mol.